The molecule has 0 aromatic heterocycles. The summed E-state index contributed by atoms with van der Waals surface area (Å²) >= 11 is 0. The number of benzene rings is 1. The molecule has 0 bridgehead atoms. The van der Waals surface area contributed by atoms with Crippen molar-refractivity contribution in [2.24, 2.45) is 0 Å². The number of likely N-dealkylation sites (N-methyl/N-ethyl adjacent to an activating group) is 1. The summed E-state index contributed by atoms with van der Waals surface area (Å²) < 4.78 is 0. The SMILES string of the molecule is Cc1cccc(N2CC(CO)N(C)C(C)(C)C2)c1. The van der Waals surface area contributed by atoms with Crippen molar-refractivity contribution in [3.05, 3.63) is 29.8 Å². The predicted octanol–water partition coefficient (Wildman–Crippen LogP) is 1.89. The Hall–Kier alpha value is -1.06. The van der Waals surface area contributed by atoms with Gasteiger partial charge in [0.2, 0.25) is 0 Å². The molecule has 3 nitrogen and oxygen atoms in total. The lowest BCUT2D eigenvalue weighted by Crippen LogP contribution is -2.63. The second kappa shape index (κ2) is 4.90. The monoisotopic (exact) mass is 248 g/mol. The van der Waals surface area contributed by atoms with E-state index in [2.05, 4.69) is 61.9 Å². The number of hydrogen-bond acceptors (Lipinski definition) is 3. The summed E-state index contributed by atoms with van der Waals surface area (Å²) in [6.45, 7) is 8.68. The molecule has 100 valence electrons. The second-order valence-corrected chi connectivity index (χ2v) is 5.98. The van der Waals surface area contributed by atoms with E-state index in [1.165, 1.54) is 11.3 Å². The van der Waals surface area contributed by atoms with Gasteiger partial charge in [-0.2, -0.15) is 0 Å². The van der Waals surface area contributed by atoms with Crippen LogP contribution in [0.15, 0.2) is 24.3 Å². The maximum absolute atomic E-state index is 9.54. The van der Waals surface area contributed by atoms with Crippen LogP contribution in [0, 0.1) is 6.92 Å². The number of anilines is 1. The Bertz CT molecular complexity index is 417. The number of nitrogens with zero attached hydrogens (tertiary/aromatic N) is 2. The highest BCUT2D eigenvalue weighted by Gasteiger charge is 2.37. The van der Waals surface area contributed by atoms with Crippen LogP contribution in [0.4, 0.5) is 5.69 Å². The minimum Gasteiger partial charge on any atom is -0.395 e. The van der Waals surface area contributed by atoms with Crippen LogP contribution < -0.4 is 4.90 Å². The van der Waals surface area contributed by atoms with E-state index >= 15 is 0 Å². The number of hydrogen-bond donors (Lipinski definition) is 1. The highest BCUT2D eigenvalue weighted by Crippen LogP contribution is 2.27. The molecule has 0 saturated carbocycles. The number of aryl methyl sites for hydroxylation is 1. The largest absolute Gasteiger partial charge is 0.395 e. The van der Waals surface area contributed by atoms with Crippen molar-refractivity contribution in [3.8, 4) is 0 Å². The molecular formula is C15H24N2O. The zero-order chi connectivity index (χ0) is 13.3. The van der Waals surface area contributed by atoms with Gasteiger partial charge in [0.15, 0.2) is 0 Å². The number of piperazine rings is 1. The van der Waals surface area contributed by atoms with Crippen LogP contribution in [-0.2, 0) is 0 Å². The van der Waals surface area contributed by atoms with Crippen LogP contribution in [-0.4, -0.2) is 48.3 Å². The second-order valence-electron chi connectivity index (χ2n) is 5.98. The standard InChI is InChI=1S/C15H24N2O/c1-12-6-5-7-13(8-12)17-9-14(10-18)16(4)15(2,3)11-17/h5-8,14,18H,9-11H2,1-4H3. The van der Waals surface area contributed by atoms with Crippen LogP contribution in [0.2, 0.25) is 0 Å². The maximum atomic E-state index is 9.54. The fraction of sp³-hybridized carbons (Fsp3) is 0.600. The van der Waals surface area contributed by atoms with Gasteiger partial charge in [-0.15, -0.1) is 0 Å². The van der Waals surface area contributed by atoms with E-state index < -0.39 is 0 Å². The molecule has 0 amide bonds. The van der Waals surface area contributed by atoms with E-state index in [-0.39, 0.29) is 18.2 Å². The Morgan fingerprint density at radius 1 is 1.39 bits per heavy atom. The first kappa shape index (κ1) is 13.4. The Morgan fingerprint density at radius 3 is 2.72 bits per heavy atom. The van der Waals surface area contributed by atoms with Gasteiger partial charge in [-0.1, -0.05) is 12.1 Å². The minimum atomic E-state index is 0.0788. The topological polar surface area (TPSA) is 26.7 Å². The lowest BCUT2D eigenvalue weighted by Gasteiger charge is -2.50. The summed E-state index contributed by atoms with van der Waals surface area (Å²) in [5.41, 5.74) is 2.62. The van der Waals surface area contributed by atoms with Gasteiger partial charge in [-0.3, -0.25) is 4.90 Å². The van der Waals surface area contributed by atoms with Crippen molar-refractivity contribution in [1.29, 1.82) is 0 Å². The fourth-order valence-corrected chi connectivity index (χ4v) is 2.72. The average Bonchev–Trinajstić information content (AvgIpc) is 2.32. The van der Waals surface area contributed by atoms with E-state index in [4.69, 9.17) is 0 Å². The molecule has 1 heterocycles. The van der Waals surface area contributed by atoms with Crippen molar-refractivity contribution in [1.82, 2.24) is 4.90 Å². The van der Waals surface area contributed by atoms with E-state index in [1.807, 2.05) is 0 Å². The van der Waals surface area contributed by atoms with Crippen LogP contribution in [0.5, 0.6) is 0 Å². The van der Waals surface area contributed by atoms with Gasteiger partial charge in [-0.05, 0) is 45.5 Å². The fourth-order valence-electron chi connectivity index (χ4n) is 2.72. The third-order valence-electron chi connectivity index (χ3n) is 4.09. The van der Waals surface area contributed by atoms with Crippen molar-refractivity contribution in [2.45, 2.75) is 32.4 Å². The normalized spacial score (nSPS) is 24.3. The van der Waals surface area contributed by atoms with Gasteiger partial charge in [0.1, 0.15) is 0 Å². The third-order valence-corrected chi connectivity index (χ3v) is 4.09. The van der Waals surface area contributed by atoms with Gasteiger partial charge in [-0.25, -0.2) is 0 Å². The predicted molar refractivity (Wildman–Crippen MR) is 76.1 cm³/mol. The summed E-state index contributed by atoms with van der Waals surface area (Å²) in [6.07, 6.45) is 0. The van der Waals surface area contributed by atoms with Crippen LogP contribution in [0.1, 0.15) is 19.4 Å². The molecule has 0 radical (unpaired) electrons. The average molecular weight is 248 g/mol. The van der Waals surface area contributed by atoms with Crippen LogP contribution >= 0.6 is 0 Å². The Labute approximate surface area is 110 Å². The molecule has 1 unspecified atom stereocenters. The summed E-state index contributed by atoms with van der Waals surface area (Å²) in [5, 5.41) is 9.54. The first-order valence-corrected chi connectivity index (χ1v) is 6.59. The number of aliphatic hydroxyl groups is 1. The van der Waals surface area contributed by atoms with E-state index in [0.29, 0.717) is 0 Å². The van der Waals surface area contributed by atoms with E-state index in [9.17, 15) is 5.11 Å². The molecule has 2 rings (SSSR count). The zero-order valence-corrected chi connectivity index (χ0v) is 11.8. The van der Waals surface area contributed by atoms with Gasteiger partial charge in [0.05, 0.1) is 12.6 Å². The van der Waals surface area contributed by atoms with Gasteiger partial charge in [0, 0.05) is 24.3 Å². The highest BCUT2D eigenvalue weighted by molar-refractivity contribution is 5.49. The lowest BCUT2D eigenvalue weighted by atomic mass is 9.95. The summed E-state index contributed by atoms with van der Waals surface area (Å²) in [7, 11) is 2.11. The Balaban J connectivity index is 2.25. The van der Waals surface area contributed by atoms with Crippen molar-refractivity contribution >= 4 is 5.69 Å². The van der Waals surface area contributed by atoms with Crippen molar-refractivity contribution in [3.63, 3.8) is 0 Å². The van der Waals surface area contributed by atoms with Gasteiger partial charge >= 0.3 is 0 Å². The highest BCUT2D eigenvalue weighted by atomic mass is 16.3. The van der Waals surface area contributed by atoms with E-state index in [0.717, 1.165) is 13.1 Å². The first-order valence-electron chi connectivity index (χ1n) is 6.59. The Kier molecular flexibility index (Phi) is 3.64. The smallest absolute Gasteiger partial charge is 0.0604 e. The molecule has 0 aliphatic carbocycles. The molecular weight excluding hydrogens is 224 g/mol. The molecule has 1 N–H and O–H groups in total. The molecule has 1 aliphatic heterocycles. The van der Waals surface area contributed by atoms with Crippen LogP contribution in [0.3, 0.4) is 0 Å². The molecule has 3 heteroatoms. The molecule has 1 aromatic carbocycles. The lowest BCUT2D eigenvalue weighted by molar-refractivity contribution is 0.0455. The van der Waals surface area contributed by atoms with Crippen LogP contribution in [0.25, 0.3) is 0 Å². The van der Waals surface area contributed by atoms with Crippen molar-refractivity contribution < 1.29 is 5.11 Å². The zero-order valence-electron chi connectivity index (χ0n) is 11.8. The molecule has 1 aliphatic rings. The number of rotatable bonds is 2. The Morgan fingerprint density at radius 2 is 2.11 bits per heavy atom. The first-order chi connectivity index (χ1) is 8.44. The maximum Gasteiger partial charge on any atom is 0.0604 e. The quantitative estimate of drug-likeness (QED) is 0.866. The molecule has 1 aromatic rings. The molecule has 1 atom stereocenters. The summed E-state index contributed by atoms with van der Waals surface area (Å²) in [6, 6.07) is 8.80. The number of aliphatic hydroxyl groups excluding tert-OH is 1. The third kappa shape index (κ3) is 2.52. The molecule has 1 saturated heterocycles. The molecule has 0 spiro atoms. The van der Waals surface area contributed by atoms with Crippen molar-refractivity contribution in [2.75, 3.05) is 31.6 Å². The molecule has 1 fully saturated rings. The minimum absolute atomic E-state index is 0.0788. The summed E-state index contributed by atoms with van der Waals surface area (Å²) in [5.74, 6) is 0. The molecule has 18 heavy (non-hydrogen) atoms. The summed E-state index contributed by atoms with van der Waals surface area (Å²) in [4.78, 5) is 4.67. The van der Waals surface area contributed by atoms with Gasteiger partial charge < -0.3 is 10.0 Å². The van der Waals surface area contributed by atoms with E-state index in [1.54, 1.807) is 0 Å². The van der Waals surface area contributed by atoms with Gasteiger partial charge in [0.25, 0.3) is 0 Å².